The number of rotatable bonds is 5. The van der Waals surface area contributed by atoms with Gasteiger partial charge < -0.3 is 15.8 Å². The maximum atomic E-state index is 12.1. The van der Waals surface area contributed by atoms with Crippen molar-refractivity contribution in [2.24, 2.45) is 11.7 Å². The van der Waals surface area contributed by atoms with Crippen LogP contribution in [0.1, 0.15) is 13.3 Å². The molecule has 0 fully saturated rings. The highest BCUT2D eigenvalue weighted by Crippen LogP contribution is 2.32. The molecule has 0 spiro atoms. The topological polar surface area (TPSA) is 64.4 Å². The molecule has 0 bridgehead atoms. The fourth-order valence-corrected chi connectivity index (χ4v) is 1.89. The number of nitrogens with two attached hydrogens (primary N) is 1. The van der Waals surface area contributed by atoms with Crippen molar-refractivity contribution in [3.05, 3.63) is 22.7 Å². The van der Waals surface area contributed by atoms with Crippen LogP contribution in [0.15, 0.2) is 22.7 Å². The van der Waals surface area contributed by atoms with Crippen molar-refractivity contribution in [3.8, 4) is 5.75 Å². The number of hydrogen-bond donors (Lipinski definition) is 2. The second-order valence-corrected chi connectivity index (χ2v) is 5.01. The summed E-state index contributed by atoms with van der Waals surface area (Å²) in [6.45, 7) is 2.11. The number of alkyl halides is 3. The van der Waals surface area contributed by atoms with Crippen LogP contribution in [0.5, 0.6) is 5.75 Å². The standard InChI is InChI=1S/C12H14BrF3N2O2/c1-7(4-5-17)11(19)18-8-2-3-10(9(13)6-8)20-12(14,15)16/h2-3,6-7H,4-5,17H2,1H3,(H,18,19). The molecule has 3 N–H and O–H groups in total. The van der Waals surface area contributed by atoms with Crippen LogP contribution in [0.3, 0.4) is 0 Å². The zero-order valence-electron chi connectivity index (χ0n) is 10.6. The van der Waals surface area contributed by atoms with Crippen molar-refractivity contribution in [3.63, 3.8) is 0 Å². The quantitative estimate of drug-likeness (QED) is 0.852. The number of benzene rings is 1. The fourth-order valence-electron chi connectivity index (χ4n) is 1.43. The van der Waals surface area contributed by atoms with Gasteiger partial charge in [-0.1, -0.05) is 6.92 Å². The molecular formula is C12H14BrF3N2O2. The molecule has 0 aliphatic carbocycles. The highest BCUT2D eigenvalue weighted by atomic mass is 79.9. The van der Waals surface area contributed by atoms with E-state index in [0.29, 0.717) is 18.7 Å². The lowest BCUT2D eigenvalue weighted by atomic mass is 10.1. The lowest BCUT2D eigenvalue weighted by molar-refractivity contribution is -0.274. The summed E-state index contributed by atoms with van der Waals surface area (Å²) in [6, 6.07) is 3.80. The van der Waals surface area contributed by atoms with Gasteiger partial charge in [0.1, 0.15) is 5.75 Å². The van der Waals surface area contributed by atoms with E-state index < -0.39 is 6.36 Å². The minimum Gasteiger partial charge on any atom is -0.405 e. The summed E-state index contributed by atoms with van der Waals surface area (Å²) >= 11 is 2.96. The Labute approximate surface area is 122 Å². The number of anilines is 1. The Hall–Kier alpha value is -1.28. The van der Waals surface area contributed by atoms with Gasteiger partial charge in [0, 0.05) is 11.6 Å². The van der Waals surface area contributed by atoms with Gasteiger partial charge in [-0.05, 0) is 47.1 Å². The first-order chi connectivity index (χ1) is 9.23. The molecule has 1 atom stereocenters. The average molecular weight is 355 g/mol. The maximum absolute atomic E-state index is 12.1. The van der Waals surface area contributed by atoms with Crippen molar-refractivity contribution >= 4 is 27.5 Å². The van der Waals surface area contributed by atoms with Crippen molar-refractivity contribution < 1.29 is 22.7 Å². The Balaban J connectivity index is 2.75. The van der Waals surface area contributed by atoms with Crippen LogP contribution >= 0.6 is 15.9 Å². The maximum Gasteiger partial charge on any atom is 0.573 e. The van der Waals surface area contributed by atoms with Gasteiger partial charge in [0.05, 0.1) is 4.47 Å². The molecule has 8 heteroatoms. The molecule has 0 aromatic heterocycles. The van der Waals surface area contributed by atoms with E-state index >= 15 is 0 Å². The van der Waals surface area contributed by atoms with Gasteiger partial charge in [-0.25, -0.2) is 0 Å². The monoisotopic (exact) mass is 354 g/mol. The molecule has 1 amide bonds. The van der Waals surface area contributed by atoms with E-state index in [9.17, 15) is 18.0 Å². The average Bonchev–Trinajstić information content (AvgIpc) is 2.31. The Bertz CT molecular complexity index is 480. The van der Waals surface area contributed by atoms with Gasteiger partial charge in [-0.2, -0.15) is 0 Å². The first-order valence-corrected chi connectivity index (χ1v) is 6.58. The minimum atomic E-state index is -4.76. The van der Waals surface area contributed by atoms with Gasteiger partial charge >= 0.3 is 6.36 Å². The zero-order valence-corrected chi connectivity index (χ0v) is 12.2. The van der Waals surface area contributed by atoms with E-state index in [4.69, 9.17) is 5.73 Å². The van der Waals surface area contributed by atoms with Crippen LogP contribution in [0.4, 0.5) is 18.9 Å². The predicted molar refractivity (Wildman–Crippen MR) is 72.3 cm³/mol. The summed E-state index contributed by atoms with van der Waals surface area (Å²) in [5, 5.41) is 2.60. The molecule has 1 aromatic carbocycles. The molecule has 0 heterocycles. The molecule has 0 saturated carbocycles. The van der Waals surface area contributed by atoms with Crippen molar-refractivity contribution in [2.45, 2.75) is 19.7 Å². The van der Waals surface area contributed by atoms with Crippen LogP contribution in [0, 0.1) is 5.92 Å². The Morgan fingerprint density at radius 1 is 1.50 bits per heavy atom. The van der Waals surface area contributed by atoms with Crippen LogP contribution in [0.25, 0.3) is 0 Å². The van der Waals surface area contributed by atoms with Gasteiger partial charge in [-0.15, -0.1) is 13.2 Å². The van der Waals surface area contributed by atoms with Gasteiger partial charge in [0.2, 0.25) is 5.91 Å². The number of ether oxygens (including phenoxy) is 1. The zero-order chi connectivity index (χ0) is 15.3. The van der Waals surface area contributed by atoms with Gasteiger partial charge in [0.15, 0.2) is 0 Å². The molecule has 1 rings (SSSR count). The number of hydrogen-bond acceptors (Lipinski definition) is 3. The molecule has 0 saturated heterocycles. The minimum absolute atomic E-state index is 0.0964. The number of halogens is 4. The Morgan fingerprint density at radius 2 is 2.15 bits per heavy atom. The third-order valence-electron chi connectivity index (χ3n) is 2.47. The summed E-state index contributed by atoms with van der Waals surface area (Å²) in [5.41, 5.74) is 5.73. The molecule has 0 aliphatic rings. The lowest BCUT2D eigenvalue weighted by Gasteiger charge is -2.14. The third-order valence-corrected chi connectivity index (χ3v) is 3.09. The molecule has 0 aliphatic heterocycles. The Morgan fingerprint density at radius 3 is 2.65 bits per heavy atom. The van der Waals surface area contributed by atoms with Crippen LogP contribution in [-0.4, -0.2) is 18.8 Å². The number of nitrogens with one attached hydrogen (secondary N) is 1. The Kier molecular flexibility index (Phi) is 5.82. The highest BCUT2D eigenvalue weighted by Gasteiger charge is 2.32. The highest BCUT2D eigenvalue weighted by molar-refractivity contribution is 9.10. The molecule has 1 unspecified atom stereocenters. The van der Waals surface area contributed by atoms with E-state index in [1.165, 1.54) is 12.1 Å². The summed E-state index contributed by atoms with van der Waals surface area (Å²) in [6.07, 6.45) is -4.23. The van der Waals surface area contributed by atoms with E-state index in [2.05, 4.69) is 26.0 Å². The smallest absolute Gasteiger partial charge is 0.405 e. The molecule has 1 aromatic rings. The van der Waals surface area contributed by atoms with E-state index in [1.54, 1.807) is 6.92 Å². The predicted octanol–water partition coefficient (Wildman–Crippen LogP) is 3.27. The largest absolute Gasteiger partial charge is 0.573 e. The van der Waals surface area contributed by atoms with Crippen LogP contribution < -0.4 is 15.8 Å². The normalized spacial score (nSPS) is 12.9. The number of carbonyl (C=O) groups is 1. The summed E-state index contributed by atoms with van der Waals surface area (Å²) in [7, 11) is 0. The second-order valence-electron chi connectivity index (χ2n) is 4.16. The second kappa shape index (κ2) is 6.94. The number of carbonyl (C=O) groups excluding carboxylic acids is 1. The van der Waals surface area contributed by atoms with Crippen molar-refractivity contribution in [2.75, 3.05) is 11.9 Å². The van der Waals surface area contributed by atoms with Crippen molar-refractivity contribution in [1.82, 2.24) is 0 Å². The van der Waals surface area contributed by atoms with E-state index in [1.807, 2.05) is 0 Å². The SMILES string of the molecule is CC(CCN)C(=O)Nc1ccc(OC(F)(F)F)c(Br)c1. The van der Waals surface area contributed by atoms with Crippen LogP contribution in [-0.2, 0) is 4.79 Å². The molecular weight excluding hydrogens is 341 g/mol. The molecule has 112 valence electrons. The fraction of sp³-hybridized carbons (Fsp3) is 0.417. The van der Waals surface area contributed by atoms with Gasteiger partial charge in [0.25, 0.3) is 0 Å². The van der Waals surface area contributed by atoms with E-state index in [-0.39, 0.29) is 22.0 Å². The van der Waals surface area contributed by atoms with Crippen LogP contribution in [0.2, 0.25) is 0 Å². The molecule has 4 nitrogen and oxygen atoms in total. The molecule has 0 radical (unpaired) electrons. The number of amides is 1. The lowest BCUT2D eigenvalue weighted by Crippen LogP contribution is -2.22. The first kappa shape index (κ1) is 16.8. The third kappa shape index (κ3) is 5.38. The molecule has 20 heavy (non-hydrogen) atoms. The summed E-state index contributed by atoms with van der Waals surface area (Å²) in [4.78, 5) is 11.7. The van der Waals surface area contributed by atoms with Gasteiger partial charge in [-0.3, -0.25) is 4.79 Å². The summed E-state index contributed by atoms with van der Waals surface area (Å²) in [5.74, 6) is -0.887. The van der Waals surface area contributed by atoms with Crippen molar-refractivity contribution in [1.29, 1.82) is 0 Å². The summed E-state index contributed by atoms with van der Waals surface area (Å²) < 4.78 is 40.2. The first-order valence-electron chi connectivity index (χ1n) is 5.79. The van der Waals surface area contributed by atoms with E-state index in [0.717, 1.165) is 6.07 Å².